The van der Waals surface area contributed by atoms with Crippen molar-refractivity contribution in [2.75, 3.05) is 13.1 Å². The van der Waals surface area contributed by atoms with Gasteiger partial charge in [-0.05, 0) is 60.7 Å². The van der Waals surface area contributed by atoms with Crippen molar-refractivity contribution in [1.29, 1.82) is 0 Å². The van der Waals surface area contributed by atoms with Gasteiger partial charge in [-0.2, -0.15) is 28.8 Å². The Morgan fingerprint density at radius 2 is 1.90 bits per heavy atom. The molecular weight excluding hydrogens is 437 g/mol. The van der Waals surface area contributed by atoms with E-state index in [1.165, 1.54) is 6.07 Å². The second-order valence-corrected chi connectivity index (χ2v) is 10.1. The molecule has 10 heteroatoms. The van der Waals surface area contributed by atoms with E-state index >= 15 is 0 Å². The van der Waals surface area contributed by atoms with Gasteiger partial charge >= 0.3 is 6.18 Å². The summed E-state index contributed by atoms with van der Waals surface area (Å²) in [7, 11) is -4.30. The number of amides is 1. The van der Waals surface area contributed by atoms with Crippen LogP contribution in [0.5, 0.6) is 0 Å². The maximum Gasteiger partial charge on any atom is 0.417 e. The molecule has 2 heterocycles. The molecule has 0 radical (unpaired) electrons. The first-order chi connectivity index (χ1) is 14.1. The third-order valence-corrected chi connectivity index (χ3v) is 7.83. The summed E-state index contributed by atoms with van der Waals surface area (Å²) in [6.07, 6.45) is -3.52. The number of nitrogens with zero attached hydrogens (tertiary/aromatic N) is 1. The Bertz CT molecular complexity index is 967. The predicted octanol–water partition coefficient (Wildman–Crippen LogP) is 3.92. The monoisotopic (exact) mass is 460 g/mol. The second-order valence-electron chi connectivity index (χ2n) is 7.42. The fourth-order valence-corrected chi connectivity index (χ4v) is 5.96. The highest BCUT2D eigenvalue weighted by molar-refractivity contribution is 7.89. The summed E-state index contributed by atoms with van der Waals surface area (Å²) >= 11 is 1.59. The van der Waals surface area contributed by atoms with E-state index in [1.807, 2.05) is 23.8 Å². The Morgan fingerprint density at radius 3 is 2.50 bits per heavy atom. The standard InChI is InChI=1S/C20H23F3N2O3S2/c1-14(12-15-8-11-29-13-15)24-19(26)16-6-9-25(10-7-16)30(27,28)18-5-3-2-4-17(18)20(21,22)23/h2-5,8,11,13-14,16H,6-7,9-10,12H2,1H3,(H,24,26). The van der Waals surface area contributed by atoms with Gasteiger partial charge in [0.25, 0.3) is 0 Å². The lowest BCUT2D eigenvalue weighted by atomic mass is 9.96. The van der Waals surface area contributed by atoms with Crippen LogP contribution in [0.1, 0.15) is 30.9 Å². The molecule has 5 nitrogen and oxygen atoms in total. The molecule has 0 spiro atoms. The summed E-state index contributed by atoms with van der Waals surface area (Å²) in [4.78, 5) is 11.8. The maximum absolute atomic E-state index is 13.2. The number of alkyl halides is 3. The van der Waals surface area contributed by atoms with Gasteiger partial charge in [0.1, 0.15) is 0 Å². The Labute approximate surface area is 178 Å². The molecule has 1 unspecified atom stereocenters. The molecule has 1 aromatic carbocycles. The zero-order valence-electron chi connectivity index (χ0n) is 16.4. The second kappa shape index (κ2) is 9.07. The van der Waals surface area contributed by atoms with Gasteiger partial charge in [-0.3, -0.25) is 4.79 Å². The van der Waals surface area contributed by atoms with Gasteiger partial charge in [-0.15, -0.1) is 0 Å². The van der Waals surface area contributed by atoms with Gasteiger partial charge in [0.05, 0.1) is 10.5 Å². The molecule has 0 bridgehead atoms. The van der Waals surface area contributed by atoms with Crippen LogP contribution in [0, 0.1) is 5.92 Å². The summed E-state index contributed by atoms with van der Waals surface area (Å²) in [5.41, 5.74) is -0.0378. The first-order valence-electron chi connectivity index (χ1n) is 9.57. The molecule has 1 N–H and O–H groups in total. The highest BCUT2D eigenvalue weighted by Crippen LogP contribution is 2.36. The fourth-order valence-electron chi connectivity index (χ4n) is 3.60. The highest BCUT2D eigenvalue weighted by atomic mass is 32.2. The number of benzene rings is 1. The van der Waals surface area contributed by atoms with Crippen molar-refractivity contribution >= 4 is 27.3 Å². The van der Waals surface area contributed by atoms with E-state index in [0.29, 0.717) is 6.42 Å². The summed E-state index contributed by atoms with van der Waals surface area (Å²) in [5, 5.41) is 6.94. The molecule has 1 aliphatic heterocycles. The molecular formula is C20H23F3N2O3S2. The van der Waals surface area contributed by atoms with Crippen LogP contribution in [0.25, 0.3) is 0 Å². The number of piperidine rings is 1. The van der Waals surface area contributed by atoms with Crippen LogP contribution in [-0.4, -0.2) is 37.8 Å². The predicted molar refractivity (Wildman–Crippen MR) is 109 cm³/mol. The number of nitrogens with one attached hydrogen (secondary N) is 1. The van der Waals surface area contributed by atoms with Crippen LogP contribution in [0.3, 0.4) is 0 Å². The molecule has 1 atom stereocenters. The van der Waals surface area contributed by atoms with E-state index in [0.717, 1.165) is 28.1 Å². The van der Waals surface area contributed by atoms with Crippen LogP contribution in [-0.2, 0) is 27.4 Å². The van der Waals surface area contributed by atoms with Crippen molar-refractivity contribution < 1.29 is 26.4 Å². The zero-order chi connectivity index (χ0) is 21.9. The van der Waals surface area contributed by atoms with E-state index in [4.69, 9.17) is 0 Å². The highest BCUT2D eigenvalue weighted by Gasteiger charge is 2.40. The lowest BCUT2D eigenvalue weighted by Gasteiger charge is -2.31. The van der Waals surface area contributed by atoms with Crippen molar-refractivity contribution in [1.82, 2.24) is 9.62 Å². The molecule has 2 aromatic rings. The summed E-state index contributed by atoms with van der Waals surface area (Å²) in [5.74, 6) is -0.510. The average molecular weight is 461 g/mol. The molecule has 164 valence electrons. The number of rotatable bonds is 6. The molecule has 1 aliphatic rings. The van der Waals surface area contributed by atoms with Crippen molar-refractivity contribution in [3.05, 3.63) is 52.2 Å². The summed E-state index contributed by atoms with van der Waals surface area (Å²) in [6, 6.07) is 6.11. The Kier molecular flexibility index (Phi) is 6.88. The topological polar surface area (TPSA) is 66.5 Å². The largest absolute Gasteiger partial charge is 0.417 e. The molecule has 1 saturated heterocycles. The number of halogens is 3. The van der Waals surface area contributed by atoms with Gasteiger partial charge in [0.15, 0.2) is 0 Å². The Morgan fingerprint density at radius 1 is 1.23 bits per heavy atom. The first kappa shape index (κ1) is 22.8. The molecule has 1 fully saturated rings. The molecule has 0 aliphatic carbocycles. The molecule has 3 rings (SSSR count). The summed E-state index contributed by atoms with van der Waals surface area (Å²) < 4.78 is 66.4. The molecule has 0 saturated carbocycles. The number of carbonyl (C=O) groups is 1. The number of carbonyl (C=O) groups excluding carboxylic acids is 1. The minimum atomic E-state index is -4.76. The number of thiophene rings is 1. The fraction of sp³-hybridized carbons (Fsp3) is 0.450. The van der Waals surface area contributed by atoms with Crippen LogP contribution < -0.4 is 5.32 Å². The number of hydrogen-bond acceptors (Lipinski definition) is 4. The molecule has 1 aromatic heterocycles. The van der Waals surface area contributed by atoms with Gasteiger partial charge < -0.3 is 5.32 Å². The smallest absolute Gasteiger partial charge is 0.353 e. The van der Waals surface area contributed by atoms with Crippen molar-refractivity contribution in [3.8, 4) is 0 Å². The van der Waals surface area contributed by atoms with Crippen molar-refractivity contribution in [3.63, 3.8) is 0 Å². The van der Waals surface area contributed by atoms with Crippen molar-refractivity contribution in [2.24, 2.45) is 5.92 Å². The number of sulfonamides is 1. The minimum Gasteiger partial charge on any atom is -0.353 e. The van der Waals surface area contributed by atoms with Crippen LogP contribution in [0.4, 0.5) is 13.2 Å². The van der Waals surface area contributed by atoms with Crippen LogP contribution in [0.2, 0.25) is 0 Å². The molecule has 1 amide bonds. The van der Waals surface area contributed by atoms with E-state index in [1.54, 1.807) is 11.3 Å². The van der Waals surface area contributed by atoms with E-state index in [2.05, 4.69) is 5.32 Å². The van der Waals surface area contributed by atoms with Gasteiger partial charge in [-0.25, -0.2) is 8.42 Å². The maximum atomic E-state index is 13.2. The summed E-state index contributed by atoms with van der Waals surface area (Å²) in [6.45, 7) is 1.92. The lowest BCUT2D eigenvalue weighted by Crippen LogP contribution is -2.45. The normalized spacial score (nSPS) is 17.6. The van der Waals surface area contributed by atoms with Gasteiger partial charge in [0, 0.05) is 25.0 Å². The first-order valence-corrected chi connectivity index (χ1v) is 11.9. The third-order valence-electron chi connectivity index (χ3n) is 5.15. The van der Waals surface area contributed by atoms with Gasteiger partial charge in [-0.1, -0.05) is 12.1 Å². The van der Waals surface area contributed by atoms with E-state index < -0.39 is 26.7 Å². The third kappa shape index (κ3) is 5.22. The number of hydrogen-bond donors (Lipinski definition) is 1. The van der Waals surface area contributed by atoms with Gasteiger partial charge in [0.2, 0.25) is 15.9 Å². The van der Waals surface area contributed by atoms with Crippen LogP contribution >= 0.6 is 11.3 Å². The Hall–Kier alpha value is -1.91. The Balaban J connectivity index is 1.62. The van der Waals surface area contributed by atoms with E-state index in [9.17, 15) is 26.4 Å². The minimum absolute atomic E-state index is 0.00548. The SMILES string of the molecule is CC(Cc1ccsc1)NC(=O)C1CCN(S(=O)(=O)c2ccccc2C(F)(F)F)CC1. The zero-order valence-corrected chi connectivity index (χ0v) is 18.0. The lowest BCUT2D eigenvalue weighted by molar-refractivity contribution is -0.139. The quantitative estimate of drug-likeness (QED) is 0.711. The average Bonchev–Trinajstić information content (AvgIpc) is 3.20. The van der Waals surface area contributed by atoms with E-state index in [-0.39, 0.29) is 43.8 Å². The van der Waals surface area contributed by atoms with Crippen molar-refractivity contribution in [2.45, 2.75) is 43.3 Å². The molecule has 30 heavy (non-hydrogen) atoms. The van der Waals surface area contributed by atoms with Crippen LogP contribution in [0.15, 0.2) is 46.0 Å².